The van der Waals surface area contributed by atoms with E-state index < -0.39 is 0 Å². The smallest absolute Gasteiger partial charge is 0.230 e. The first-order chi connectivity index (χ1) is 13.7. The van der Waals surface area contributed by atoms with Gasteiger partial charge in [0.2, 0.25) is 5.78 Å². The first-order valence-electron chi connectivity index (χ1n) is 8.87. The third kappa shape index (κ3) is 3.41. The number of carbonyl (C=O) groups is 1. The maximum atomic E-state index is 13.2. The number of ketones is 1. The number of halogens is 1. The van der Waals surface area contributed by atoms with Crippen LogP contribution in [0.15, 0.2) is 73.2 Å². The number of aromatic amines is 1. The molecule has 5 rings (SSSR count). The highest BCUT2D eigenvalue weighted by Gasteiger charge is 2.20. The molecule has 1 N–H and O–H groups in total. The van der Waals surface area contributed by atoms with E-state index in [0.29, 0.717) is 22.8 Å². The number of carbonyl (C=O) groups excluding carboxylic acids is 1. The summed E-state index contributed by atoms with van der Waals surface area (Å²) in [6, 6.07) is 17.3. The number of benzene rings is 1. The Kier molecular flexibility index (Phi) is 4.91. The molecule has 0 fully saturated rings. The second-order valence-corrected chi connectivity index (χ2v) is 7.05. The van der Waals surface area contributed by atoms with Gasteiger partial charge in [-0.25, -0.2) is 4.98 Å². The second kappa shape index (κ2) is 7.53. The fraction of sp³-hybridized carbons (Fsp3) is 0.0870. The number of rotatable bonds is 4. The summed E-state index contributed by atoms with van der Waals surface area (Å²) >= 11 is 5.99. The van der Waals surface area contributed by atoms with Crippen LogP contribution in [0.2, 0.25) is 5.02 Å². The van der Waals surface area contributed by atoms with Crippen molar-refractivity contribution in [3.63, 3.8) is 0 Å². The zero-order chi connectivity index (χ0) is 19.1. The third-order valence-electron chi connectivity index (χ3n) is 4.80. The number of aromatic nitrogens is 4. The van der Waals surface area contributed by atoms with Gasteiger partial charge >= 0.3 is 0 Å². The Morgan fingerprint density at radius 2 is 1.97 bits per heavy atom. The third-order valence-corrected chi connectivity index (χ3v) is 5.05. The minimum atomic E-state index is -0.137. The monoisotopic (exact) mass is 404 g/mol. The van der Waals surface area contributed by atoms with E-state index in [0.717, 1.165) is 27.8 Å². The van der Waals surface area contributed by atoms with Crippen molar-refractivity contribution >= 4 is 33.9 Å². The molecule has 0 saturated carbocycles. The number of imidazole rings is 1. The molecule has 0 radical (unpaired) electrons. The van der Waals surface area contributed by atoms with E-state index in [1.165, 1.54) is 0 Å². The maximum Gasteiger partial charge on any atom is 0.230 e. The lowest BCUT2D eigenvalue weighted by atomic mass is 10.1. The molecule has 0 aliphatic rings. The average Bonchev–Trinajstić information content (AvgIpc) is 3.31. The normalized spacial score (nSPS) is 10.9. The summed E-state index contributed by atoms with van der Waals surface area (Å²) in [4.78, 5) is 24.8. The highest BCUT2D eigenvalue weighted by Crippen LogP contribution is 2.23. The molecule has 1 aromatic carbocycles. The fourth-order valence-electron chi connectivity index (χ4n) is 3.44. The van der Waals surface area contributed by atoms with E-state index in [1.54, 1.807) is 18.5 Å². The predicted octanol–water partition coefficient (Wildman–Crippen LogP) is 5.57. The lowest BCUT2D eigenvalue weighted by Crippen LogP contribution is -2.03. The minimum Gasteiger partial charge on any atom is -0.334 e. The van der Waals surface area contributed by atoms with Gasteiger partial charge in [-0.15, -0.1) is 0 Å². The lowest BCUT2D eigenvalue weighted by molar-refractivity contribution is 0.103. The number of fused-ring (bicyclic) bond motifs is 2. The Morgan fingerprint density at radius 3 is 2.76 bits per heavy atom. The molecular formula is C23H21ClN4O. The molecule has 0 unspecified atom stereocenters. The van der Waals surface area contributed by atoms with Crippen molar-refractivity contribution < 1.29 is 6.22 Å². The Labute approximate surface area is 174 Å². The maximum absolute atomic E-state index is 13.2. The molecule has 5 nitrogen and oxygen atoms in total. The summed E-state index contributed by atoms with van der Waals surface area (Å²) in [6.45, 7) is 0. The molecule has 0 spiro atoms. The summed E-state index contributed by atoms with van der Waals surface area (Å²) < 4.78 is 2.05. The first kappa shape index (κ1) is 18.9. The van der Waals surface area contributed by atoms with Crippen LogP contribution in [-0.2, 0) is 6.42 Å². The lowest BCUT2D eigenvalue weighted by Gasteiger charge is -2.03. The van der Waals surface area contributed by atoms with Crippen LogP contribution in [0.25, 0.3) is 16.6 Å². The summed E-state index contributed by atoms with van der Waals surface area (Å²) in [7, 11) is 0. The minimum absolute atomic E-state index is 0. The number of H-pyrrole nitrogens is 1. The van der Waals surface area contributed by atoms with Crippen molar-refractivity contribution in [2.24, 2.45) is 0 Å². The zero-order valence-corrected chi connectivity index (χ0v) is 15.5. The molecule has 0 aliphatic carbocycles. The molecule has 0 atom stereocenters. The number of hydrogen-bond acceptors (Lipinski definition) is 3. The van der Waals surface area contributed by atoms with Gasteiger partial charge in [-0.1, -0.05) is 37.2 Å². The van der Waals surface area contributed by atoms with E-state index in [9.17, 15) is 4.79 Å². The number of nitrogens with one attached hydrogen (secondary N) is 1. The number of hydrogen-bond donors (Lipinski definition) is 1. The molecule has 4 heterocycles. The van der Waals surface area contributed by atoms with E-state index in [4.69, 9.17) is 11.6 Å². The van der Waals surface area contributed by atoms with E-state index >= 15 is 0 Å². The van der Waals surface area contributed by atoms with Gasteiger partial charge in [-0.2, -0.15) is 0 Å². The van der Waals surface area contributed by atoms with Gasteiger partial charge in [0.05, 0.1) is 28.3 Å². The van der Waals surface area contributed by atoms with Crippen LogP contribution in [-0.4, -0.2) is 25.1 Å². The Morgan fingerprint density at radius 1 is 1.14 bits per heavy atom. The molecule has 4 aromatic heterocycles. The number of nitrogens with zero attached hydrogens (tertiary/aromatic N) is 3. The van der Waals surface area contributed by atoms with Crippen LogP contribution in [0.4, 0.5) is 0 Å². The Hall–Kier alpha value is -3.44. The second-order valence-electron chi connectivity index (χ2n) is 6.62. The van der Waals surface area contributed by atoms with Gasteiger partial charge in [0.15, 0.2) is 5.82 Å². The van der Waals surface area contributed by atoms with Crippen LogP contribution in [0.3, 0.4) is 0 Å². The van der Waals surface area contributed by atoms with Gasteiger partial charge in [0.1, 0.15) is 0 Å². The topological polar surface area (TPSA) is 63.0 Å². The summed E-state index contributed by atoms with van der Waals surface area (Å²) in [5, 5.41) is 0.707. The van der Waals surface area contributed by atoms with E-state index in [1.807, 2.05) is 59.1 Å². The largest absolute Gasteiger partial charge is 0.334 e. The summed E-state index contributed by atoms with van der Waals surface area (Å²) in [5.41, 5.74) is 5.10. The average molecular weight is 405 g/mol. The van der Waals surface area contributed by atoms with Gasteiger partial charge < -0.3 is 9.38 Å². The van der Waals surface area contributed by atoms with Crippen molar-refractivity contribution in [1.29, 1.82) is 0 Å². The van der Waals surface area contributed by atoms with Crippen molar-refractivity contribution in [2.75, 3.05) is 0 Å². The van der Waals surface area contributed by atoms with E-state index in [-0.39, 0.29) is 14.6 Å². The fourth-order valence-corrected chi connectivity index (χ4v) is 3.57. The summed E-state index contributed by atoms with van der Waals surface area (Å²) in [5.74, 6) is 0.180. The quantitative estimate of drug-likeness (QED) is 0.398. The molecule has 29 heavy (non-hydrogen) atoms. The van der Waals surface area contributed by atoms with Gasteiger partial charge in [-0.05, 0) is 42.0 Å². The molecule has 146 valence electrons. The molecule has 0 aliphatic heterocycles. The van der Waals surface area contributed by atoms with Crippen LogP contribution in [0.1, 0.15) is 36.3 Å². The van der Waals surface area contributed by atoms with E-state index in [2.05, 4.69) is 15.0 Å². The van der Waals surface area contributed by atoms with Crippen LogP contribution >= 0.6 is 11.6 Å². The highest BCUT2D eigenvalue weighted by molar-refractivity contribution is 6.30. The zero-order valence-electron chi connectivity index (χ0n) is 14.8. The van der Waals surface area contributed by atoms with Crippen molar-refractivity contribution in [3.8, 4) is 0 Å². The van der Waals surface area contributed by atoms with Gasteiger partial charge in [0.25, 0.3) is 0 Å². The molecule has 0 saturated heterocycles. The van der Waals surface area contributed by atoms with Gasteiger partial charge in [0, 0.05) is 31.0 Å². The highest BCUT2D eigenvalue weighted by atomic mass is 35.5. The van der Waals surface area contributed by atoms with Crippen LogP contribution < -0.4 is 0 Å². The Balaban J connectivity index is 0.00000128. The first-order valence-corrected chi connectivity index (χ1v) is 9.25. The predicted molar refractivity (Wildman–Crippen MR) is 118 cm³/mol. The SMILES string of the molecule is C.O=C(c1nc2ccncc2[nH]1)c1cc(Cc2ccc(Cl)cc2)n2ccccc12.[HH]. The van der Waals surface area contributed by atoms with Crippen LogP contribution in [0.5, 0.6) is 0 Å². The van der Waals surface area contributed by atoms with Crippen LogP contribution in [0, 0.1) is 0 Å². The molecule has 6 heteroatoms. The summed E-state index contributed by atoms with van der Waals surface area (Å²) in [6.07, 6.45) is 6.00. The Bertz CT molecular complexity index is 1290. The van der Waals surface area contributed by atoms with Crippen molar-refractivity contribution in [2.45, 2.75) is 13.8 Å². The standard InChI is InChI=1S/C22H15ClN4O.CH4.H2/c23-15-6-4-14(5-7-15)11-16-12-17(20-3-1-2-10-27(16)20)21(28)22-25-18-8-9-24-13-19(18)26-22;;/h1-10,12-13H,11H2,(H,25,26);1H4;1H. The molecule has 0 bridgehead atoms. The number of pyridine rings is 2. The molecule has 0 amide bonds. The van der Waals surface area contributed by atoms with Crippen molar-refractivity contribution in [3.05, 3.63) is 101 Å². The molecule has 5 aromatic rings. The van der Waals surface area contributed by atoms with Crippen molar-refractivity contribution in [1.82, 2.24) is 19.4 Å². The van der Waals surface area contributed by atoms with Gasteiger partial charge in [-0.3, -0.25) is 9.78 Å². The molecular weight excluding hydrogens is 384 g/mol.